The molecule has 0 saturated heterocycles. The minimum atomic E-state index is -0.472. The highest BCUT2D eigenvalue weighted by Gasteiger charge is 2.26. The van der Waals surface area contributed by atoms with E-state index in [1.54, 1.807) is 7.05 Å². The normalized spacial score (nSPS) is 12.6. The molecule has 0 amide bonds. The van der Waals surface area contributed by atoms with Gasteiger partial charge in [-0.25, -0.2) is 14.8 Å². The van der Waals surface area contributed by atoms with Gasteiger partial charge < -0.3 is 0 Å². The molecule has 7 nitrogen and oxygen atoms in total. The summed E-state index contributed by atoms with van der Waals surface area (Å²) in [5.41, 5.74) is -1.43. The second-order valence-electron chi connectivity index (χ2n) is 8.47. The van der Waals surface area contributed by atoms with E-state index in [1.165, 1.54) is 23.4 Å². The van der Waals surface area contributed by atoms with Crippen molar-refractivity contribution in [2.75, 3.05) is 5.75 Å². The van der Waals surface area contributed by atoms with Crippen LogP contribution in [0.2, 0.25) is 0 Å². The van der Waals surface area contributed by atoms with E-state index in [4.69, 9.17) is 0 Å². The minimum Gasteiger partial charge on any atom is -0.298 e. The van der Waals surface area contributed by atoms with Gasteiger partial charge >= 0.3 is 5.69 Å². The Balaban J connectivity index is 2.76. The zero-order chi connectivity index (χ0) is 20.0. The molecule has 0 atom stereocenters. The molecule has 0 N–H and O–H groups in total. The van der Waals surface area contributed by atoms with Gasteiger partial charge in [0.15, 0.2) is 5.65 Å². The lowest BCUT2D eigenvalue weighted by molar-refractivity contribution is -0.123. The summed E-state index contributed by atoms with van der Waals surface area (Å²) in [4.78, 5) is 46.4. The third kappa shape index (κ3) is 3.75. The Hall–Kier alpha value is -1.96. The molecule has 0 aliphatic rings. The quantitative estimate of drug-likeness (QED) is 0.600. The lowest BCUT2D eigenvalue weighted by Gasteiger charge is -2.20. The van der Waals surface area contributed by atoms with Crippen LogP contribution < -0.4 is 11.2 Å². The molecule has 0 saturated carbocycles. The van der Waals surface area contributed by atoms with Crippen molar-refractivity contribution >= 4 is 28.6 Å². The number of thioether (sulfide) groups is 1. The number of hydrogen-bond donors (Lipinski definition) is 0. The molecule has 0 bridgehead atoms. The molecule has 0 aromatic carbocycles. The van der Waals surface area contributed by atoms with Gasteiger partial charge in [0.2, 0.25) is 0 Å². The Bertz CT molecular complexity index is 991. The highest BCUT2D eigenvalue weighted by atomic mass is 32.2. The van der Waals surface area contributed by atoms with Crippen molar-refractivity contribution < 1.29 is 4.79 Å². The molecule has 0 spiro atoms. The number of aromatic nitrogens is 4. The number of hydrogen-bond acceptors (Lipinski definition) is 6. The number of Topliss-reactive ketones (excluding diaryl/α,β-unsaturated/α-hetero) is 1. The average molecular weight is 378 g/mol. The smallest absolute Gasteiger partial charge is 0.298 e. The zero-order valence-corrected chi connectivity index (χ0v) is 17.4. The first-order valence-electron chi connectivity index (χ1n) is 8.39. The van der Waals surface area contributed by atoms with E-state index in [9.17, 15) is 14.4 Å². The summed E-state index contributed by atoms with van der Waals surface area (Å²) in [6, 6.07) is 0. The maximum atomic E-state index is 12.7. The standard InChI is InChI=1S/C18H26N4O3S/c1-17(2,3)10(23)9-26-13-11-12(19-15(20-13)18(4,5)6)21(7)16(25)22(8)14(11)24/h9H2,1-8H3. The fraction of sp³-hybridized carbons (Fsp3) is 0.611. The third-order valence-electron chi connectivity index (χ3n) is 4.11. The summed E-state index contributed by atoms with van der Waals surface area (Å²) in [7, 11) is 3.01. The highest BCUT2D eigenvalue weighted by Crippen LogP contribution is 2.28. The average Bonchev–Trinajstić information content (AvgIpc) is 2.53. The first-order chi connectivity index (χ1) is 11.7. The van der Waals surface area contributed by atoms with Crippen molar-refractivity contribution in [2.24, 2.45) is 19.5 Å². The number of rotatable bonds is 3. The maximum absolute atomic E-state index is 12.7. The molecule has 0 fully saturated rings. The number of ketones is 1. The van der Waals surface area contributed by atoms with Crippen LogP contribution in [-0.4, -0.2) is 30.6 Å². The summed E-state index contributed by atoms with van der Waals surface area (Å²) in [5, 5.41) is 0.711. The van der Waals surface area contributed by atoms with Crippen LogP contribution in [0.4, 0.5) is 0 Å². The van der Waals surface area contributed by atoms with Crippen LogP contribution in [0.25, 0.3) is 11.0 Å². The molecule has 2 heterocycles. The van der Waals surface area contributed by atoms with Crippen LogP contribution in [0.3, 0.4) is 0 Å². The number of aryl methyl sites for hydroxylation is 1. The maximum Gasteiger partial charge on any atom is 0.332 e. The van der Waals surface area contributed by atoms with Crippen LogP contribution in [0.1, 0.15) is 47.4 Å². The van der Waals surface area contributed by atoms with Crippen molar-refractivity contribution in [3.63, 3.8) is 0 Å². The van der Waals surface area contributed by atoms with E-state index in [2.05, 4.69) is 9.97 Å². The van der Waals surface area contributed by atoms with Crippen LogP contribution in [0, 0.1) is 5.41 Å². The van der Waals surface area contributed by atoms with Gasteiger partial charge in [-0.05, 0) is 0 Å². The summed E-state index contributed by atoms with van der Waals surface area (Å²) in [6.07, 6.45) is 0. The first-order valence-corrected chi connectivity index (χ1v) is 9.38. The van der Waals surface area contributed by atoms with Crippen molar-refractivity contribution in [3.8, 4) is 0 Å². The van der Waals surface area contributed by atoms with Gasteiger partial charge in [-0.3, -0.25) is 18.7 Å². The molecular weight excluding hydrogens is 352 g/mol. The second kappa shape index (κ2) is 6.64. The Morgan fingerprint density at radius 2 is 1.58 bits per heavy atom. The van der Waals surface area contributed by atoms with Crippen molar-refractivity contribution in [3.05, 3.63) is 26.7 Å². The Labute approximate surface area is 156 Å². The molecular formula is C18H26N4O3S. The minimum absolute atomic E-state index is 0.0632. The van der Waals surface area contributed by atoms with Gasteiger partial charge in [0.25, 0.3) is 5.56 Å². The fourth-order valence-corrected chi connectivity index (χ4v) is 3.39. The lowest BCUT2D eigenvalue weighted by Crippen LogP contribution is -2.38. The number of carbonyl (C=O) groups is 1. The van der Waals surface area contributed by atoms with Gasteiger partial charge in [-0.1, -0.05) is 53.3 Å². The number of fused-ring (bicyclic) bond motifs is 1. The lowest BCUT2D eigenvalue weighted by atomic mass is 9.92. The van der Waals surface area contributed by atoms with E-state index in [-0.39, 0.29) is 22.3 Å². The number of nitrogens with zero attached hydrogens (tertiary/aromatic N) is 4. The summed E-state index contributed by atoms with van der Waals surface area (Å²) < 4.78 is 2.39. The SMILES string of the molecule is Cn1c(=O)c2c(SCC(=O)C(C)(C)C)nc(C(C)(C)C)nc2n(C)c1=O. The molecule has 8 heteroatoms. The largest absolute Gasteiger partial charge is 0.332 e. The molecule has 2 aromatic heterocycles. The third-order valence-corrected chi connectivity index (χ3v) is 5.09. The van der Waals surface area contributed by atoms with Crippen LogP contribution in [0.15, 0.2) is 14.6 Å². The predicted molar refractivity (Wildman–Crippen MR) is 104 cm³/mol. The molecule has 2 aromatic rings. The highest BCUT2D eigenvalue weighted by molar-refractivity contribution is 8.00. The van der Waals surface area contributed by atoms with Gasteiger partial charge in [0.05, 0.1) is 5.75 Å². The molecule has 0 radical (unpaired) electrons. The van der Waals surface area contributed by atoms with Crippen molar-refractivity contribution in [2.45, 2.75) is 52.0 Å². The van der Waals surface area contributed by atoms with Gasteiger partial charge in [-0.15, -0.1) is 0 Å². The molecule has 0 aliphatic heterocycles. The summed E-state index contributed by atoms with van der Waals surface area (Å²) >= 11 is 1.22. The summed E-state index contributed by atoms with van der Waals surface area (Å²) in [5.74, 6) is 0.790. The van der Waals surface area contributed by atoms with E-state index in [1.807, 2.05) is 41.5 Å². The fourth-order valence-electron chi connectivity index (χ4n) is 2.22. The second-order valence-corrected chi connectivity index (χ2v) is 9.43. The van der Waals surface area contributed by atoms with E-state index >= 15 is 0 Å². The van der Waals surface area contributed by atoms with E-state index in [0.29, 0.717) is 16.5 Å². The van der Waals surface area contributed by atoms with Gasteiger partial charge in [0.1, 0.15) is 22.0 Å². The molecule has 0 unspecified atom stereocenters. The molecule has 0 aliphatic carbocycles. The first kappa shape index (κ1) is 20.4. The molecule has 142 valence electrons. The van der Waals surface area contributed by atoms with Crippen molar-refractivity contribution in [1.82, 2.24) is 19.1 Å². The van der Waals surface area contributed by atoms with Crippen LogP contribution in [-0.2, 0) is 24.3 Å². The van der Waals surface area contributed by atoms with Crippen LogP contribution >= 0.6 is 11.8 Å². The van der Waals surface area contributed by atoms with E-state index in [0.717, 1.165) is 4.57 Å². The van der Waals surface area contributed by atoms with Crippen molar-refractivity contribution in [1.29, 1.82) is 0 Å². The Morgan fingerprint density at radius 3 is 2.08 bits per heavy atom. The Morgan fingerprint density at radius 1 is 1.00 bits per heavy atom. The van der Waals surface area contributed by atoms with Gasteiger partial charge in [-0.2, -0.15) is 0 Å². The molecule has 26 heavy (non-hydrogen) atoms. The topological polar surface area (TPSA) is 86.8 Å². The predicted octanol–water partition coefficient (Wildman–Crippen LogP) is 2.03. The Kier molecular flexibility index (Phi) is 5.20. The molecule has 2 rings (SSSR count). The van der Waals surface area contributed by atoms with E-state index < -0.39 is 16.7 Å². The number of carbonyl (C=O) groups excluding carboxylic acids is 1. The zero-order valence-electron chi connectivity index (χ0n) is 16.6. The van der Waals surface area contributed by atoms with Gasteiger partial charge in [0, 0.05) is 24.9 Å². The summed E-state index contributed by atoms with van der Waals surface area (Å²) in [6.45, 7) is 11.5. The van der Waals surface area contributed by atoms with Crippen LogP contribution in [0.5, 0.6) is 0 Å². The monoisotopic (exact) mass is 378 g/mol.